The van der Waals surface area contributed by atoms with Gasteiger partial charge in [0.05, 0.1) is 33.2 Å². The Morgan fingerprint density at radius 2 is 1.00 bits per heavy atom. The zero-order valence-electron chi connectivity index (χ0n) is 21.9. The van der Waals surface area contributed by atoms with Crippen molar-refractivity contribution in [3.8, 4) is 17.2 Å². The summed E-state index contributed by atoms with van der Waals surface area (Å²) in [6.07, 6.45) is 0. The maximum Gasteiger partial charge on any atom is 0.175 e. The second-order valence-electron chi connectivity index (χ2n) is 9.39. The largest absolute Gasteiger partial charge is 0.497 e. The first-order valence-electron chi connectivity index (χ1n) is 12.6. The van der Waals surface area contributed by atoms with Gasteiger partial charge < -0.3 is 14.2 Å². The van der Waals surface area contributed by atoms with Crippen LogP contribution in [0.2, 0.25) is 0 Å². The monoisotopic (exact) mass is 520 g/mol. The third-order valence-corrected chi connectivity index (χ3v) is 7.37. The molecule has 4 aromatic rings. The molecule has 1 aliphatic carbocycles. The van der Waals surface area contributed by atoms with Crippen molar-refractivity contribution in [3.05, 3.63) is 125 Å². The molecule has 1 aliphatic rings. The SMILES string of the molecule is COc1ccc(C(=O)[C@H](c2ccc(OC)cc2)[C@H](c2ccc(OC)cc2)C2C(=O)c3ccccc3C2=O)cc1. The van der Waals surface area contributed by atoms with Crippen LogP contribution in [0.15, 0.2) is 97.1 Å². The van der Waals surface area contributed by atoms with Crippen molar-refractivity contribution in [1.29, 1.82) is 0 Å². The number of fused-ring (bicyclic) bond motifs is 1. The third-order valence-electron chi connectivity index (χ3n) is 7.37. The summed E-state index contributed by atoms with van der Waals surface area (Å²) in [5, 5.41) is 0. The molecular formula is C33H28O6. The Bertz CT molecular complexity index is 1470. The molecule has 196 valence electrons. The van der Waals surface area contributed by atoms with Crippen molar-refractivity contribution in [2.75, 3.05) is 21.3 Å². The van der Waals surface area contributed by atoms with E-state index in [9.17, 15) is 14.4 Å². The summed E-state index contributed by atoms with van der Waals surface area (Å²) in [5.74, 6) is -1.56. The Morgan fingerprint density at radius 1 is 0.590 bits per heavy atom. The average Bonchev–Trinajstić information content (AvgIpc) is 3.25. The summed E-state index contributed by atoms with van der Waals surface area (Å²) in [4.78, 5) is 42.0. The van der Waals surface area contributed by atoms with Gasteiger partial charge in [0.1, 0.15) is 17.2 Å². The van der Waals surface area contributed by atoms with Crippen molar-refractivity contribution in [2.24, 2.45) is 5.92 Å². The average molecular weight is 521 g/mol. The molecule has 6 heteroatoms. The summed E-state index contributed by atoms with van der Waals surface area (Å²) in [5.41, 5.74) is 2.59. The van der Waals surface area contributed by atoms with Crippen LogP contribution in [-0.2, 0) is 0 Å². The predicted octanol–water partition coefficient (Wildman–Crippen LogP) is 6.16. The van der Waals surface area contributed by atoms with Gasteiger partial charge in [-0.05, 0) is 59.7 Å². The first-order valence-corrected chi connectivity index (χ1v) is 12.6. The lowest BCUT2D eigenvalue weighted by molar-refractivity contribution is 0.0788. The lowest BCUT2D eigenvalue weighted by Gasteiger charge is -2.31. The van der Waals surface area contributed by atoms with Gasteiger partial charge in [-0.3, -0.25) is 14.4 Å². The van der Waals surface area contributed by atoms with Crippen molar-refractivity contribution in [2.45, 2.75) is 11.8 Å². The van der Waals surface area contributed by atoms with E-state index in [0.29, 0.717) is 45.1 Å². The van der Waals surface area contributed by atoms with Gasteiger partial charge in [-0.25, -0.2) is 0 Å². The van der Waals surface area contributed by atoms with E-state index in [-0.39, 0.29) is 17.3 Å². The van der Waals surface area contributed by atoms with Gasteiger partial charge in [-0.15, -0.1) is 0 Å². The molecule has 0 N–H and O–H groups in total. The summed E-state index contributed by atoms with van der Waals surface area (Å²) in [6.45, 7) is 0. The molecule has 0 radical (unpaired) electrons. The number of ketones is 3. The van der Waals surface area contributed by atoms with Crippen LogP contribution >= 0.6 is 0 Å². The Labute approximate surface area is 227 Å². The third kappa shape index (κ3) is 4.81. The van der Waals surface area contributed by atoms with Gasteiger partial charge in [-0.2, -0.15) is 0 Å². The first-order chi connectivity index (χ1) is 19.0. The lowest BCUT2D eigenvalue weighted by Crippen LogP contribution is -2.32. The molecular weight excluding hydrogens is 492 g/mol. The number of rotatable bonds is 9. The number of hydrogen-bond acceptors (Lipinski definition) is 6. The fraction of sp³-hybridized carbons (Fsp3) is 0.182. The molecule has 6 nitrogen and oxygen atoms in total. The Hall–Kier alpha value is -4.71. The number of benzene rings is 4. The van der Waals surface area contributed by atoms with Gasteiger partial charge in [0.15, 0.2) is 17.3 Å². The first kappa shape index (κ1) is 25.9. The second kappa shape index (κ2) is 11.0. The fourth-order valence-electron chi connectivity index (χ4n) is 5.36. The van der Waals surface area contributed by atoms with E-state index in [4.69, 9.17) is 14.2 Å². The van der Waals surface area contributed by atoms with Crippen LogP contribution in [0.25, 0.3) is 0 Å². The maximum absolute atomic E-state index is 14.4. The summed E-state index contributed by atoms with van der Waals surface area (Å²) in [7, 11) is 4.70. The number of ether oxygens (including phenoxy) is 3. The molecule has 0 saturated carbocycles. The zero-order chi connectivity index (χ0) is 27.5. The second-order valence-corrected chi connectivity index (χ2v) is 9.39. The van der Waals surface area contributed by atoms with Crippen molar-refractivity contribution < 1.29 is 28.6 Å². The van der Waals surface area contributed by atoms with Crippen molar-refractivity contribution >= 4 is 17.3 Å². The molecule has 0 heterocycles. The quantitative estimate of drug-likeness (QED) is 0.194. The van der Waals surface area contributed by atoms with Crippen LogP contribution in [0.3, 0.4) is 0 Å². The van der Waals surface area contributed by atoms with Crippen LogP contribution in [0.1, 0.15) is 54.0 Å². The summed E-state index contributed by atoms with van der Waals surface area (Å²) in [6, 6.07) is 28.1. The van der Waals surface area contributed by atoms with Gasteiger partial charge >= 0.3 is 0 Å². The molecule has 0 unspecified atom stereocenters. The molecule has 0 aromatic heterocycles. The predicted molar refractivity (Wildman–Crippen MR) is 147 cm³/mol. The smallest absolute Gasteiger partial charge is 0.175 e. The lowest BCUT2D eigenvalue weighted by atomic mass is 9.69. The molecule has 0 aliphatic heterocycles. The molecule has 39 heavy (non-hydrogen) atoms. The van der Waals surface area contributed by atoms with Crippen LogP contribution in [0.5, 0.6) is 17.2 Å². The number of methoxy groups -OCH3 is 3. The molecule has 0 bridgehead atoms. The highest BCUT2D eigenvalue weighted by Gasteiger charge is 2.48. The van der Waals surface area contributed by atoms with E-state index < -0.39 is 17.8 Å². The van der Waals surface area contributed by atoms with E-state index in [0.717, 1.165) is 0 Å². The normalized spacial score (nSPS) is 14.4. The molecule has 2 atom stereocenters. The minimum absolute atomic E-state index is 0.208. The number of hydrogen-bond donors (Lipinski definition) is 0. The van der Waals surface area contributed by atoms with Crippen LogP contribution in [0, 0.1) is 5.92 Å². The van der Waals surface area contributed by atoms with E-state index in [2.05, 4.69) is 0 Å². The number of carbonyl (C=O) groups is 3. The standard InChI is InChI=1S/C33H28O6/c1-37-23-14-8-20(9-15-23)28(30-32(35)26-6-4-5-7-27(26)33(30)36)29(21-10-16-24(38-2)17-11-21)31(34)22-12-18-25(39-3)19-13-22/h4-19,28-30H,1-3H3/t28-,29+/m0/s1. The minimum atomic E-state index is -1.06. The molecule has 5 rings (SSSR count). The molecule has 0 fully saturated rings. The van der Waals surface area contributed by atoms with Crippen molar-refractivity contribution in [3.63, 3.8) is 0 Å². The van der Waals surface area contributed by atoms with Crippen LogP contribution < -0.4 is 14.2 Å². The molecule has 0 spiro atoms. The van der Waals surface area contributed by atoms with Gasteiger partial charge in [-0.1, -0.05) is 48.5 Å². The van der Waals surface area contributed by atoms with Gasteiger partial charge in [0, 0.05) is 22.6 Å². The maximum atomic E-state index is 14.4. The van der Waals surface area contributed by atoms with Crippen molar-refractivity contribution in [1.82, 2.24) is 0 Å². The van der Waals surface area contributed by atoms with Crippen LogP contribution in [0.4, 0.5) is 0 Å². The molecule has 0 amide bonds. The highest BCUT2D eigenvalue weighted by atomic mass is 16.5. The number of carbonyl (C=O) groups excluding carboxylic acids is 3. The zero-order valence-corrected chi connectivity index (χ0v) is 21.9. The van der Waals surface area contributed by atoms with Crippen LogP contribution in [-0.4, -0.2) is 38.7 Å². The minimum Gasteiger partial charge on any atom is -0.497 e. The molecule has 4 aromatic carbocycles. The van der Waals surface area contributed by atoms with Gasteiger partial charge in [0.2, 0.25) is 0 Å². The Morgan fingerprint density at radius 3 is 1.44 bits per heavy atom. The highest BCUT2D eigenvalue weighted by molar-refractivity contribution is 6.27. The van der Waals surface area contributed by atoms with E-state index in [1.165, 1.54) is 0 Å². The number of Topliss-reactive ketones (excluding diaryl/α,β-unsaturated/α-hetero) is 3. The molecule has 0 saturated heterocycles. The topological polar surface area (TPSA) is 78.9 Å². The fourth-order valence-corrected chi connectivity index (χ4v) is 5.36. The van der Waals surface area contributed by atoms with E-state index >= 15 is 0 Å². The summed E-state index contributed by atoms with van der Waals surface area (Å²) >= 11 is 0. The Kier molecular flexibility index (Phi) is 7.28. The summed E-state index contributed by atoms with van der Waals surface area (Å²) < 4.78 is 16.0. The van der Waals surface area contributed by atoms with E-state index in [1.807, 2.05) is 24.3 Å². The van der Waals surface area contributed by atoms with Gasteiger partial charge in [0.25, 0.3) is 0 Å². The highest BCUT2D eigenvalue weighted by Crippen LogP contribution is 2.46. The van der Waals surface area contributed by atoms with E-state index in [1.54, 1.807) is 94.1 Å². The Balaban J connectivity index is 1.71.